The van der Waals surface area contributed by atoms with Crippen LogP contribution in [0, 0.1) is 0 Å². The number of thiazole rings is 1. The van der Waals surface area contributed by atoms with Crippen LogP contribution in [0.25, 0.3) is 10.6 Å². The molecule has 4 N–H and O–H groups in total. The molecule has 0 bridgehead atoms. The van der Waals surface area contributed by atoms with Crippen LogP contribution in [0.5, 0.6) is 11.5 Å². The molecule has 1 saturated heterocycles. The van der Waals surface area contributed by atoms with Gasteiger partial charge < -0.3 is 20.9 Å². The monoisotopic (exact) mass is 514 g/mol. The van der Waals surface area contributed by atoms with Crippen molar-refractivity contribution in [1.82, 2.24) is 19.9 Å². The molecule has 0 radical (unpaired) electrons. The van der Waals surface area contributed by atoms with Gasteiger partial charge in [-0.2, -0.15) is 0 Å². The molecule has 0 saturated carbocycles. The Morgan fingerprint density at radius 2 is 1.83 bits per heavy atom. The van der Waals surface area contributed by atoms with Gasteiger partial charge in [0.2, 0.25) is 0 Å². The largest absolute Gasteiger partial charge is 0.493 e. The van der Waals surface area contributed by atoms with E-state index in [4.69, 9.17) is 25.9 Å². The zero-order valence-electron chi connectivity index (χ0n) is 20.6. The highest BCUT2D eigenvalue weighted by Crippen LogP contribution is 2.41. The van der Waals surface area contributed by atoms with Crippen LogP contribution in [0.15, 0.2) is 29.4 Å². The quantitative estimate of drug-likeness (QED) is 0.268. The van der Waals surface area contributed by atoms with Crippen LogP contribution in [0.3, 0.4) is 0 Å². The summed E-state index contributed by atoms with van der Waals surface area (Å²) in [6, 6.07) is 7.61. The maximum absolute atomic E-state index is 6.15. The SMILES string of the molecule is CCCc1sc(-c2ccc(OC)c(OCCN3CCCC3)c2)nc1[C@H](C)Sc1nc(N)cc(N)n1. The number of aryl methyl sites for hydroxylation is 1. The summed E-state index contributed by atoms with van der Waals surface area (Å²) >= 11 is 3.25. The third kappa shape index (κ3) is 6.56. The van der Waals surface area contributed by atoms with E-state index >= 15 is 0 Å². The van der Waals surface area contributed by atoms with Crippen LogP contribution in [-0.2, 0) is 6.42 Å². The number of anilines is 2. The minimum absolute atomic E-state index is 0.0529. The van der Waals surface area contributed by atoms with Crippen molar-refractivity contribution in [2.45, 2.75) is 49.9 Å². The van der Waals surface area contributed by atoms with Gasteiger partial charge in [0.05, 0.1) is 18.1 Å². The highest BCUT2D eigenvalue weighted by molar-refractivity contribution is 7.99. The highest BCUT2D eigenvalue weighted by atomic mass is 32.2. The maximum Gasteiger partial charge on any atom is 0.192 e. The molecule has 8 nitrogen and oxygen atoms in total. The van der Waals surface area contributed by atoms with Crippen LogP contribution in [0.2, 0.25) is 0 Å². The highest BCUT2D eigenvalue weighted by Gasteiger charge is 2.21. The summed E-state index contributed by atoms with van der Waals surface area (Å²) in [5.41, 5.74) is 13.8. The summed E-state index contributed by atoms with van der Waals surface area (Å²) in [5, 5.41) is 1.58. The molecule has 2 aromatic heterocycles. The molecule has 10 heteroatoms. The Balaban J connectivity index is 1.55. The predicted molar refractivity (Wildman–Crippen MR) is 144 cm³/mol. The number of hydrogen-bond donors (Lipinski definition) is 2. The number of methoxy groups -OCH3 is 1. The van der Waals surface area contributed by atoms with Crippen molar-refractivity contribution in [1.29, 1.82) is 0 Å². The van der Waals surface area contributed by atoms with E-state index in [1.54, 1.807) is 24.5 Å². The Morgan fingerprint density at radius 1 is 1.09 bits per heavy atom. The molecular formula is C25H34N6O2S2. The van der Waals surface area contributed by atoms with Gasteiger partial charge in [0.1, 0.15) is 23.3 Å². The first-order valence-electron chi connectivity index (χ1n) is 12.1. The second-order valence-electron chi connectivity index (χ2n) is 8.60. The summed E-state index contributed by atoms with van der Waals surface area (Å²) in [6.45, 7) is 8.19. The minimum Gasteiger partial charge on any atom is -0.493 e. The van der Waals surface area contributed by atoms with Gasteiger partial charge >= 0.3 is 0 Å². The Hall–Kier alpha value is -2.56. The molecule has 1 fully saturated rings. The fraction of sp³-hybridized carbons (Fsp3) is 0.480. The molecule has 3 aromatic rings. The van der Waals surface area contributed by atoms with E-state index in [0.29, 0.717) is 23.4 Å². The second kappa shape index (κ2) is 11.9. The van der Waals surface area contributed by atoms with Crippen LogP contribution >= 0.6 is 23.1 Å². The lowest BCUT2D eigenvalue weighted by Gasteiger charge is -2.16. The molecule has 1 aliphatic heterocycles. The zero-order valence-corrected chi connectivity index (χ0v) is 22.3. The Labute approximate surface area is 215 Å². The van der Waals surface area contributed by atoms with E-state index in [1.807, 2.05) is 18.2 Å². The summed E-state index contributed by atoms with van der Waals surface area (Å²) in [4.78, 5) is 17.4. The van der Waals surface area contributed by atoms with E-state index < -0.39 is 0 Å². The molecule has 3 heterocycles. The van der Waals surface area contributed by atoms with Crippen molar-refractivity contribution in [3.05, 3.63) is 34.8 Å². The van der Waals surface area contributed by atoms with E-state index in [0.717, 1.165) is 60.2 Å². The number of benzene rings is 1. The van der Waals surface area contributed by atoms with Crippen molar-refractivity contribution in [2.75, 3.05) is 44.8 Å². The lowest BCUT2D eigenvalue weighted by Crippen LogP contribution is -2.25. The predicted octanol–water partition coefficient (Wildman–Crippen LogP) is 5.05. The Kier molecular flexibility index (Phi) is 8.69. The van der Waals surface area contributed by atoms with Gasteiger partial charge in [-0.1, -0.05) is 25.1 Å². The molecule has 1 aromatic carbocycles. The second-order valence-corrected chi connectivity index (χ2v) is 11.0. The fourth-order valence-corrected chi connectivity index (χ4v) is 6.42. The fourth-order valence-electron chi connectivity index (χ4n) is 4.15. The van der Waals surface area contributed by atoms with Crippen molar-refractivity contribution in [2.24, 2.45) is 0 Å². The van der Waals surface area contributed by atoms with Gasteiger partial charge in [-0.05, 0) is 57.5 Å². The first kappa shape index (κ1) is 25.5. The van der Waals surface area contributed by atoms with Crippen molar-refractivity contribution >= 4 is 34.7 Å². The minimum atomic E-state index is 0.0529. The third-order valence-corrected chi connectivity index (χ3v) is 8.04. The summed E-state index contributed by atoms with van der Waals surface area (Å²) in [6.07, 6.45) is 4.56. The van der Waals surface area contributed by atoms with E-state index in [1.165, 1.54) is 29.5 Å². The first-order valence-corrected chi connectivity index (χ1v) is 13.8. The average Bonchev–Trinajstić information content (AvgIpc) is 3.49. The van der Waals surface area contributed by atoms with Gasteiger partial charge in [0.25, 0.3) is 0 Å². The zero-order chi connectivity index (χ0) is 24.8. The lowest BCUT2D eigenvalue weighted by molar-refractivity contribution is 0.230. The first-order chi connectivity index (χ1) is 17.0. The molecule has 4 rings (SSSR count). The maximum atomic E-state index is 6.15. The number of nitrogens with zero attached hydrogens (tertiary/aromatic N) is 4. The standard InChI is InChI=1S/C25H34N6O2S2/c1-4-7-20-23(16(2)34-25-28-21(26)15-22(27)29-25)30-24(35-20)17-8-9-18(32-3)19(14-17)33-13-12-31-10-5-6-11-31/h8-9,14-16H,4-7,10-13H2,1-3H3,(H4,26,27,28,29)/t16-/m0/s1. The molecule has 0 spiro atoms. The van der Waals surface area contributed by atoms with Gasteiger partial charge in [-0.25, -0.2) is 15.0 Å². The Morgan fingerprint density at radius 3 is 2.51 bits per heavy atom. The van der Waals surface area contributed by atoms with E-state index in [9.17, 15) is 0 Å². The third-order valence-electron chi connectivity index (χ3n) is 5.89. The van der Waals surface area contributed by atoms with Gasteiger partial charge in [-0.15, -0.1) is 11.3 Å². The number of nitrogen functional groups attached to an aromatic ring is 2. The number of rotatable bonds is 11. The molecule has 0 unspecified atom stereocenters. The number of likely N-dealkylation sites (tertiary alicyclic amines) is 1. The number of ether oxygens (including phenoxy) is 2. The molecule has 1 atom stereocenters. The Bertz CT molecular complexity index is 1110. The number of nitrogens with two attached hydrogens (primary N) is 2. The van der Waals surface area contributed by atoms with Crippen LogP contribution in [0.1, 0.15) is 48.9 Å². The van der Waals surface area contributed by atoms with Crippen LogP contribution in [0.4, 0.5) is 11.6 Å². The van der Waals surface area contributed by atoms with Crippen LogP contribution < -0.4 is 20.9 Å². The van der Waals surface area contributed by atoms with E-state index in [-0.39, 0.29) is 5.25 Å². The molecular weight excluding hydrogens is 480 g/mol. The molecule has 0 aliphatic carbocycles. The van der Waals surface area contributed by atoms with Gasteiger partial charge in [-0.3, -0.25) is 4.90 Å². The van der Waals surface area contributed by atoms with Crippen LogP contribution in [-0.4, -0.2) is 53.2 Å². The summed E-state index contributed by atoms with van der Waals surface area (Å²) < 4.78 is 11.7. The molecule has 188 valence electrons. The lowest BCUT2D eigenvalue weighted by atomic mass is 10.2. The van der Waals surface area contributed by atoms with Crippen molar-refractivity contribution < 1.29 is 9.47 Å². The number of hydrogen-bond acceptors (Lipinski definition) is 10. The topological polar surface area (TPSA) is 112 Å². The normalized spacial score (nSPS) is 14.8. The summed E-state index contributed by atoms with van der Waals surface area (Å²) in [7, 11) is 1.67. The van der Waals surface area contributed by atoms with Crippen molar-refractivity contribution in [3.63, 3.8) is 0 Å². The average molecular weight is 515 g/mol. The molecule has 1 aliphatic rings. The van der Waals surface area contributed by atoms with Gasteiger partial charge in [0, 0.05) is 23.1 Å². The van der Waals surface area contributed by atoms with Crippen molar-refractivity contribution in [3.8, 4) is 22.1 Å². The summed E-state index contributed by atoms with van der Waals surface area (Å²) in [5.74, 6) is 2.23. The molecule has 35 heavy (non-hydrogen) atoms. The number of aromatic nitrogens is 3. The molecule has 0 amide bonds. The number of thioether (sulfide) groups is 1. The smallest absolute Gasteiger partial charge is 0.192 e. The van der Waals surface area contributed by atoms with Gasteiger partial charge in [0.15, 0.2) is 16.7 Å². The van der Waals surface area contributed by atoms with E-state index in [2.05, 4.69) is 28.7 Å².